The molecule has 7 nitrogen and oxygen atoms in total. The van der Waals surface area contributed by atoms with Crippen molar-refractivity contribution in [3.05, 3.63) is 22.5 Å². The van der Waals surface area contributed by atoms with Crippen LogP contribution in [0.2, 0.25) is 0 Å². The van der Waals surface area contributed by atoms with Gasteiger partial charge in [-0.15, -0.1) is 0 Å². The molecule has 0 aromatic carbocycles. The van der Waals surface area contributed by atoms with Crippen molar-refractivity contribution in [2.75, 3.05) is 19.0 Å². The number of rotatable bonds is 2. The Labute approximate surface area is 108 Å². The molecule has 1 aromatic rings. The van der Waals surface area contributed by atoms with Gasteiger partial charge in [0.15, 0.2) is 17.9 Å². The molecule has 0 saturated carbocycles. The number of nitrogens with zero attached hydrogens (tertiary/aromatic N) is 3. The van der Waals surface area contributed by atoms with E-state index in [1.54, 1.807) is 21.0 Å². The molecule has 0 spiro atoms. The van der Waals surface area contributed by atoms with Gasteiger partial charge in [-0.1, -0.05) is 0 Å². The van der Waals surface area contributed by atoms with Crippen LogP contribution in [0.3, 0.4) is 0 Å². The lowest BCUT2D eigenvalue weighted by Gasteiger charge is -2.19. The standard InChI is InChI=1S/C11H16FN3O4/c1-5-7(16)8(17)10(19-5)15-4-6(12)9(14(2)3)13-11(15)18/h4-5,7-8,10,16-17H,1-3H3/t5-,7+,8?,10-/m1/s1. The lowest BCUT2D eigenvalue weighted by molar-refractivity contribution is -0.0355. The number of aliphatic hydroxyl groups excluding tert-OH is 2. The number of halogens is 1. The highest BCUT2D eigenvalue weighted by Crippen LogP contribution is 2.28. The minimum atomic E-state index is -1.31. The first kappa shape index (κ1) is 13.9. The summed E-state index contributed by atoms with van der Waals surface area (Å²) in [6.45, 7) is 1.55. The molecule has 4 atom stereocenters. The lowest BCUT2D eigenvalue weighted by Crippen LogP contribution is -2.36. The van der Waals surface area contributed by atoms with Gasteiger partial charge in [-0.25, -0.2) is 9.18 Å². The third kappa shape index (κ3) is 2.34. The van der Waals surface area contributed by atoms with Crippen LogP contribution in [-0.4, -0.2) is 52.2 Å². The van der Waals surface area contributed by atoms with Gasteiger partial charge in [0.1, 0.15) is 12.2 Å². The van der Waals surface area contributed by atoms with Crippen LogP contribution in [0.5, 0.6) is 0 Å². The average molecular weight is 273 g/mol. The molecule has 19 heavy (non-hydrogen) atoms. The van der Waals surface area contributed by atoms with Crippen LogP contribution in [-0.2, 0) is 4.74 Å². The highest BCUT2D eigenvalue weighted by atomic mass is 19.1. The van der Waals surface area contributed by atoms with E-state index in [0.29, 0.717) is 0 Å². The molecule has 0 bridgehead atoms. The van der Waals surface area contributed by atoms with Crippen molar-refractivity contribution in [3.63, 3.8) is 0 Å². The predicted molar refractivity (Wildman–Crippen MR) is 64.4 cm³/mol. The largest absolute Gasteiger partial charge is 0.388 e. The van der Waals surface area contributed by atoms with E-state index in [1.807, 2.05) is 0 Å². The lowest BCUT2D eigenvalue weighted by atomic mass is 10.1. The molecule has 1 saturated heterocycles. The van der Waals surface area contributed by atoms with Crippen molar-refractivity contribution < 1.29 is 19.3 Å². The topological polar surface area (TPSA) is 87.8 Å². The van der Waals surface area contributed by atoms with Gasteiger partial charge in [0, 0.05) is 14.1 Å². The molecule has 1 aliphatic rings. The highest BCUT2D eigenvalue weighted by Gasteiger charge is 2.42. The first-order valence-corrected chi connectivity index (χ1v) is 5.80. The Morgan fingerprint density at radius 2 is 2.05 bits per heavy atom. The van der Waals surface area contributed by atoms with Crippen molar-refractivity contribution in [2.45, 2.75) is 31.5 Å². The summed E-state index contributed by atoms with van der Waals surface area (Å²) < 4.78 is 19.9. The van der Waals surface area contributed by atoms with Gasteiger partial charge in [-0.05, 0) is 6.92 Å². The summed E-state index contributed by atoms with van der Waals surface area (Å²) in [7, 11) is 3.11. The number of aromatic nitrogens is 2. The Morgan fingerprint density at radius 1 is 1.42 bits per heavy atom. The van der Waals surface area contributed by atoms with E-state index in [-0.39, 0.29) is 5.82 Å². The summed E-state index contributed by atoms with van der Waals surface area (Å²) in [6.07, 6.45) is -3.31. The van der Waals surface area contributed by atoms with Crippen LogP contribution in [0.4, 0.5) is 10.2 Å². The van der Waals surface area contributed by atoms with Gasteiger partial charge in [0.25, 0.3) is 0 Å². The summed E-state index contributed by atoms with van der Waals surface area (Å²) >= 11 is 0. The van der Waals surface area contributed by atoms with Crippen LogP contribution in [0.15, 0.2) is 11.0 Å². The van der Waals surface area contributed by atoms with E-state index in [4.69, 9.17) is 4.74 Å². The van der Waals surface area contributed by atoms with E-state index < -0.39 is 36.0 Å². The van der Waals surface area contributed by atoms with E-state index in [9.17, 15) is 19.4 Å². The van der Waals surface area contributed by atoms with Crippen LogP contribution < -0.4 is 10.6 Å². The maximum absolute atomic E-state index is 13.8. The zero-order valence-electron chi connectivity index (χ0n) is 10.8. The monoisotopic (exact) mass is 273 g/mol. The molecule has 0 amide bonds. The molecule has 1 aromatic heterocycles. The molecule has 0 radical (unpaired) electrons. The van der Waals surface area contributed by atoms with Gasteiger partial charge in [0.2, 0.25) is 0 Å². The Hall–Kier alpha value is -1.51. The normalized spacial score (nSPS) is 30.6. The van der Waals surface area contributed by atoms with Crippen LogP contribution in [0, 0.1) is 5.82 Å². The zero-order valence-corrected chi connectivity index (χ0v) is 10.8. The molecule has 2 rings (SSSR count). The quantitative estimate of drug-likeness (QED) is 0.725. The Balaban J connectivity index is 2.42. The van der Waals surface area contributed by atoms with Crippen molar-refractivity contribution in [1.29, 1.82) is 0 Å². The molecule has 106 valence electrons. The van der Waals surface area contributed by atoms with Gasteiger partial charge in [-0.2, -0.15) is 4.98 Å². The molecule has 2 N–H and O–H groups in total. The fraction of sp³-hybridized carbons (Fsp3) is 0.636. The van der Waals surface area contributed by atoms with Gasteiger partial charge in [0.05, 0.1) is 12.3 Å². The summed E-state index contributed by atoms with van der Waals surface area (Å²) in [4.78, 5) is 16.8. The third-order valence-corrected chi connectivity index (χ3v) is 3.06. The van der Waals surface area contributed by atoms with Crippen LogP contribution in [0.1, 0.15) is 13.2 Å². The zero-order chi connectivity index (χ0) is 14.3. The minimum Gasteiger partial charge on any atom is -0.388 e. The van der Waals surface area contributed by atoms with Crippen LogP contribution in [0.25, 0.3) is 0 Å². The summed E-state index contributed by atoms with van der Waals surface area (Å²) in [5.41, 5.74) is -0.754. The smallest absolute Gasteiger partial charge is 0.351 e. The molecule has 2 heterocycles. The van der Waals surface area contributed by atoms with Gasteiger partial charge >= 0.3 is 5.69 Å². The average Bonchev–Trinajstić information content (AvgIpc) is 2.59. The molecular weight excluding hydrogens is 257 g/mol. The van der Waals surface area contributed by atoms with E-state index in [2.05, 4.69) is 4.98 Å². The van der Waals surface area contributed by atoms with Crippen molar-refractivity contribution in [3.8, 4) is 0 Å². The summed E-state index contributed by atoms with van der Waals surface area (Å²) in [5.74, 6) is -0.809. The number of aliphatic hydroxyl groups is 2. The second-order valence-electron chi connectivity index (χ2n) is 4.71. The first-order chi connectivity index (χ1) is 8.82. The third-order valence-electron chi connectivity index (χ3n) is 3.06. The Bertz CT molecular complexity index is 533. The number of anilines is 1. The summed E-state index contributed by atoms with van der Waals surface area (Å²) in [6, 6.07) is 0. The second-order valence-corrected chi connectivity index (χ2v) is 4.71. The van der Waals surface area contributed by atoms with Gasteiger partial charge < -0.3 is 19.8 Å². The molecule has 1 fully saturated rings. The molecule has 1 unspecified atom stereocenters. The molecule has 1 aliphatic heterocycles. The van der Waals surface area contributed by atoms with E-state index in [1.165, 1.54) is 4.90 Å². The number of hydrogen-bond acceptors (Lipinski definition) is 6. The second kappa shape index (κ2) is 4.87. The van der Waals surface area contributed by atoms with Crippen molar-refractivity contribution in [2.24, 2.45) is 0 Å². The van der Waals surface area contributed by atoms with Crippen LogP contribution >= 0.6 is 0 Å². The number of ether oxygens (including phenoxy) is 1. The van der Waals surface area contributed by atoms with Crippen molar-refractivity contribution in [1.82, 2.24) is 9.55 Å². The van der Waals surface area contributed by atoms with Gasteiger partial charge in [-0.3, -0.25) is 4.57 Å². The summed E-state index contributed by atoms with van der Waals surface area (Å²) in [5, 5.41) is 19.4. The van der Waals surface area contributed by atoms with Crippen molar-refractivity contribution >= 4 is 5.82 Å². The molecular formula is C11H16FN3O4. The highest BCUT2D eigenvalue weighted by molar-refractivity contribution is 5.36. The maximum Gasteiger partial charge on any atom is 0.351 e. The van der Waals surface area contributed by atoms with E-state index >= 15 is 0 Å². The maximum atomic E-state index is 13.8. The fourth-order valence-electron chi connectivity index (χ4n) is 1.99. The molecule has 0 aliphatic carbocycles. The fourth-order valence-corrected chi connectivity index (χ4v) is 1.99. The predicted octanol–water partition coefficient (Wildman–Crippen LogP) is -0.913. The Morgan fingerprint density at radius 3 is 2.53 bits per heavy atom. The first-order valence-electron chi connectivity index (χ1n) is 5.80. The number of hydrogen-bond donors (Lipinski definition) is 2. The van der Waals surface area contributed by atoms with E-state index in [0.717, 1.165) is 10.8 Å². The SMILES string of the molecule is C[C@H]1O[C@@H](n2cc(F)c(N(C)C)nc2=O)C(O)[C@H]1O. The minimum absolute atomic E-state index is 0.0951. The Kier molecular flexibility index (Phi) is 3.57. The molecule has 8 heteroatoms.